The standard InChI is InChI=1S/C13H11NO.CH4/c15-13-9-5-4-6-11(13)10-14-12-7-2-1-3-8-12;/h1-10,15H;1H4. The predicted molar refractivity (Wildman–Crippen MR) is 68.5 cm³/mol. The molecule has 0 bridgehead atoms. The Kier molecular flexibility index (Phi) is 4.28. The summed E-state index contributed by atoms with van der Waals surface area (Å²) >= 11 is 0. The largest absolute Gasteiger partial charge is 0.507 e. The number of hydrogen-bond acceptors (Lipinski definition) is 2. The molecule has 16 heavy (non-hydrogen) atoms. The second kappa shape index (κ2) is 5.71. The molecule has 0 fully saturated rings. The number of hydrogen-bond donors (Lipinski definition) is 1. The summed E-state index contributed by atoms with van der Waals surface area (Å²) in [5, 5.41) is 9.50. The van der Waals surface area contributed by atoms with Gasteiger partial charge in [-0.15, -0.1) is 0 Å². The quantitative estimate of drug-likeness (QED) is 0.756. The first-order valence-electron chi connectivity index (χ1n) is 4.73. The van der Waals surface area contributed by atoms with Crippen LogP contribution in [0, 0.1) is 0 Å². The highest BCUT2D eigenvalue weighted by Crippen LogP contribution is 2.15. The lowest BCUT2D eigenvalue weighted by Gasteiger charge is -1.96. The maximum absolute atomic E-state index is 9.50. The van der Waals surface area contributed by atoms with Gasteiger partial charge in [-0.3, -0.25) is 4.99 Å². The van der Waals surface area contributed by atoms with Crippen LogP contribution >= 0.6 is 0 Å². The fourth-order valence-corrected chi connectivity index (χ4v) is 1.25. The van der Waals surface area contributed by atoms with Crippen LogP contribution in [-0.4, -0.2) is 11.3 Å². The maximum atomic E-state index is 9.50. The van der Waals surface area contributed by atoms with Gasteiger partial charge in [-0.25, -0.2) is 0 Å². The topological polar surface area (TPSA) is 32.6 Å². The lowest BCUT2D eigenvalue weighted by molar-refractivity contribution is 0.474. The van der Waals surface area contributed by atoms with E-state index in [1.165, 1.54) is 0 Å². The third-order valence-corrected chi connectivity index (χ3v) is 2.05. The third-order valence-electron chi connectivity index (χ3n) is 2.05. The zero-order valence-corrected chi connectivity index (χ0v) is 8.17. The third kappa shape index (κ3) is 2.95. The Morgan fingerprint density at radius 2 is 1.50 bits per heavy atom. The Morgan fingerprint density at radius 3 is 2.19 bits per heavy atom. The molecule has 0 heterocycles. The first-order chi connectivity index (χ1) is 7.36. The van der Waals surface area contributed by atoms with Crippen LogP contribution in [0.15, 0.2) is 59.6 Å². The molecule has 0 saturated carbocycles. The molecule has 0 unspecified atom stereocenters. The molecular weight excluding hydrogens is 198 g/mol. The number of rotatable bonds is 2. The molecule has 0 amide bonds. The Bertz CT molecular complexity index is 463. The molecule has 2 aromatic carbocycles. The lowest BCUT2D eigenvalue weighted by Crippen LogP contribution is -1.80. The minimum atomic E-state index is 0. The molecular formula is C14H15NO. The molecule has 0 spiro atoms. The van der Waals surface area contributed by atoms with Crippen LogP contribution in [0.25, 0.3) is 0 Å². The molecule has 2 heteroatoms. The van der Waals surface area contributed by atoms with Crippen molar-refractivity contribution in [3.63, 3.8) is 0 Å². The van der Waals surface area contributed by atoms with Gasteiger partial charge in [0.15, 0.2) is 0 Å². The van der Waals surface area contributed by atoms with E-state index in [1.807, 2.05) is 42.5 Å². The second-order valence-electron chi connectivity index (χ2n) is 3.15. The normalized spacial score (nSPS) is 10.0. The van der Waals surface area contributed by atoms with E-state index in [0.29, 0.717) is 0 Å². The molecule has 0 radical (unpaired) electrons. The van der Waals surface area contributed by atoms with Crippen molar-refractivity contribution in [2.24, 2.45) is 4.99 Å². The summed E-state index contributed by atoms with van der Waals surface area (Å²) < 4.78 is 0. The van der Waals surface area contributed by atoms with E-state index in [4.69, 9.17) is 0 Å². The van der Waals surface area contributed by atoms with Gasteiger partial charge < -0.3 is 5.11 Å². The summed E-state index contributed by atoms with van der Waals surface area (Å²) in [4.78, 5) is 4.25. The SMILES string of the molecule is C.Oc1ccccc1C=Nc1ccccc1. The first kappa shape index (κ1) is 12.0. The summed E-state index contributed by atoms with van der Waals surface area (Å²) in [6.07, 6.45) is 1.66. The minimum Gasteiger partial charge on any atom is -0.507 e. The van der Waals surface area contributed by atoms with Crippen molar-refractivity contribution in [1.29, 1.82) is 0 Å². The van der Waals surface area contributed by atoms with Crippen LogP contribution < -0.4 is 0 Å². The van der Waals surface area contributed by atoms with Crippen LogP contribution in [-0.2, 0) is 0 Å². The van der Waals surface area contributed by atoms with Gasteiger partial charge in [-0.2, -0.15) is 0 Å². The number of nitrogens with zero attached hydrogens (tertiary/aromatic N) is 1. The molecule has 0 aliphatic heterocycles. The monoisotopic (exact) mass is 213 g/mol. The van der Waals surface area contributed by atoms with E-state index in [2.05, 4.69) is 4.99 Å². The highest BCUT2D eigenvalue weighted by atomic mass is 16.3. The van der Waals surface area contributed by atoms with E-state index in [9.17, 15) is 5.11 Å². The maximum Gasteiger partial charge on any atom is 0.124 e. The first-order valence-corrected chi connectivity index (χ1v) is 4.73. The molecule has 82 valence electrons. The minimum absolute atomic E-state index is 0. The van der Waals surface area contributed by atoms with Crippen LogP contribution in [0.1, 0.15) is 13.0 Å². The number of aliphatic imine (C=N–C) groups is 1. The summed E-state index contributed by atoms with van der Waals surface area (Å²) in [5.41, 5.74) is 1.60. The Labute approximate surface area is 95.9 Å². The summed E-state index contributed by atoms with van der Waals surface area (Å²) in [6, 6.07) is 16.7. The highest BCUT2D eigenvalue weighted by molar-refractivity contribution is 5.85. The van der Waals surface area contributed by atoms with E-state index < -0.39 is 0 Å². The number of benzene rings is 2. The fraction of sp³-hybridized carbons (Fsp3) is 0.0714. The zero-order chi connectivity index (χ0) is 10.5. The van der Waals surface area contributed by atoms with Crippen LogP contribution in [0.5, 0.6) is 5.75 Å². The van der Waals surface area contributed by atoms with Crippen molar-refractivity contribution >= 4 is 11.9 Å². The van der Waals surface area contributed by atoms with Crippen LogP contribution in [0.2, 0.25) is 0 Å². The molecule has 1 N–H and O–H groups in total. The molecule has 0 saturated heterocycles. The molecule has 2 rings (SSSR count). The van der Waals surface area contributed by atoms with Crippen molar-refractivity contribution in [3.8, 4) is 5.75 Å². The van der Waals surface area contributed by atoms with Crippen molar-refractivity contribution in [2.45, 2.75) is 7.43 Å². The van der Waals surface area contributed by atoms with Gasteiger partial charge in [-0.1, -0.05) is 37.8 Å². The molecule has 2 nitrogen and oxygen atoms in total. The molecule has 0 atom stereocenters. The van der Waals surface area contributed by atoms with Gasteiger partial charge in [0.2, 0.25) is 0 Å². The molecule has 0 aliphatic rings. The van der Waals surface area contributed by atoms with Gasteiger partial charge in [0.05, 0.1) is 5.69 Å². The smallest absolute Gasteiger partial charge is 0.124 e. The van der Waals surface area contributed by atoms with Gasteiger partial charge in [0.1, 0.15) is 5.75 Å². The Balaban J connectivity index is 0.00000128. The summed E-state index contributed by atoms with van der Waals surface area (Å²) in [7, 11) is 0. The number of para-hydroxylation sites is 2. The van der Waals surface area contributed by atoms with Gasteiger partial charge in [0, 0.05) is 11.8 Å². The molecule has 2 aromatic rings. The number of aromatic hydroxyl groups is 1. The van der Waals surface area contributed by atoms with Crippen molar-refractivity contribution in [2.75, 3.05) is 0 Å². The average Bonchev–Trinajstić information content (AvgIpc) is 2.29. The summed E-state index contributed by atoms with van der Waals surface area (Å²) in [6.45, 7) is 0. The van der Waals surface area contributed by atoms with Crippen molar-refractivity contribution in [3.05, 3.63) is 60.2 Å². The van der Waals surface area contributed by atoms with Gasteiger partial charge in [-0.05, 0) is 24.3 Å². The van der Waals surface area contributed by atoms with E-state index >= 15 is 0 Å². The van der Waals surface area contributed by atoms with Crippen LogP contribution in [0.4, 0.5) is 5.69 Å². The van der Waals surface area contributed by atoms with Crippen molar-refractivity contribution in [1.82, 2.24) is 0 Å². The van der Waals surface area contributed by atoms with Crippen molar-refractivity contribution < 1.29 is 5.11 Å². The van der Waals surface area contributed by atoms with E-state index in [0.717, 1.165) is 11.3 Å². The zero-order valence-electron chi connectivity index (χ0n) is 8.17. The van der Waals surface area contributed by atoms with E-state index in [1.54, 1.807) is 18.3 Å². The predicted octanol–water partition coefficient (Wildman–Crippen LogP) is 3.78. The average molecular weight is 213 g/mol. The number of phenolic OH excluding ortho intramolecular Hbond substituents is 1. The Morgan fingerprint density at radius 1 is 0.875 bits per heavy atom. The highest BCUT2D eigenvalue weighted by Gasteiger charge is 1.94. The Hall–Kier alpha value is -2.09. The van der Waals surface area contributed by atoms with Crippen LogP contribution in [0.3, 0.4) is 0 Å². The van der Waals surface area contributed by atoms with E-state index in [-0.39, 0.29) is 13.2 Å². The van der Waals surface area contributed by atoms with Gasteiger partial charge in [0.25, 0.3) is 0 Å². The number of phenols is 1. The second-order valence-corrected chi connectivity index (χ2v) is 3.15. The molecule has 0 aromatic heterocycles. The fourth-order valence-electron chi connectivity index (χ4n) is 1.25. The summed E-state index contributed by atoms with van der Waals surface area (Å²) in [5.74, 6) is 0.247. The molecule has 0 aliphatic carbocycles. The van der Waals surface area contributed by atoms with Gasteiger partial charge >= 0.3 is 0 Å². The lowest BCUT2D eigenvalue weighted by atomic mass is 10.2.